The van der Waals surface area contributed by atoms with Gasteiger partial charge in [0, 0.05) is 104 Å². The van der Waals surface area contributed by atoms with Crippen LogP contribution in [0, 0.1) is 0 Å². The zero-order valence-electron chi connectivity index (χ0n) is 33.9. The molecule has 0 aromatic carbocycles. The Morgan fingerprint density at radius 2 is 0.774 bits per heavy atom. The van der Waals surface area contributed by atoms with Crippen LogP contribution in [0.2, 0.25) is 0 Å². The first-order chi connectivity index (χ1) is 24.0. The van der Waals surface area contributed by atoms with Gasteiger partial charge in [-0.2, -0.15) is 0 Å². The summed E-state index contributed by atoms with van der Waals surface area (Å²) < 4.78 is -1.49. The molecule has 53 heavy (non-hydrogen) atoms. The van der Waals surface area contributed by atoms with E-state index >= 15 is 0 Å². The largest absolute Gasteiger partial charge is 2.00 e. The monoisotopic (exact) mass is 949 g/mol. The normalized spacial score (nSPS) is 28.5. The molecule has 8 nitrogen and oxygen atoms in total. The topological polar surface area (TPSA) is 25.9 Å². The number of alkyl halides is 4. The SMILES string of the molecule is CCCCCCCCN1CCN2CCCN(C)CCN(CC2)C(Cl)(Cl)CC1.CCCCN1CCN2CCCN(C)CCN(CC2)C(Cl)(Cl)CC1.[Mn+2].[Mn+2].[Mn+2]. The smallest absolute Gasteiger partial charge is 0.305 e. The number of likely N-dealkylation sites (N-methyl/N-ethyl adjacent to an activating group) is 2. The standard InChI is InChI=1S/C21H42Cl2N4.C17H34Cl2N4.3Mn/c1-3-4-5-6-7-8-12-25-14-10-21(22,23)27-19-15-24(2)11-9-13-26(17-16-25)18-20-27;1-3-4-8-21-10-6-17(18,19)23-15-11-20(2)7-5-9-22(13-12-21)14-16-23;;;/h3-20H2,1-2H3;3-16H2,1-2H3;;;/q;;3*+2. The molecular weight excluding hydrogens is 875 g/mol. The van der Waals surface area contributed by atoms with Gasteiger partial charge in [0.2, 0.25) is 0 Å². The van der Waals surface area contributed by atoms with Crippen LogP contribution >= 0.6 is 46.4 Å². The van der Waals surface area contributed by atoms with E-state index in [9.17, 15) is 0 Å². The molecule has 0 aromatic heterocycles. The van der Waals surface area contributed by atoms with Crippen molar-refractivity contribution in [2.45, 2.75) is 99.8 Å². The van der Waals surface area contributed by atoms with Crippen molar-refractivity contribution < 1.29 is 51.2 Å². The number of nitrogens with zero attached hydrogens (tertiary/aromatic N) is 8. The fraction of sp³-hybridized carbons (Fsp3) is 1.00. The zero-order valence-corrected chi connectivity index (χ0v) is 40.4. The molecule has 4 bridgehead atoms. The van der Waals surface area contributed by atoms with Crippen LogP contribution in [-0.4, -0.2) is 193 Å². The van der Waals surface area contributed by atoms with Crippen molar-refractivity contribution in [2.24, 2.45) is 0 Å². The Bertz CT molecular complexity index is 887. The maximum atomic E-state index is 6.84. The fourth-order valence-corrected chi connectivity index (χ4v) is 8.66. The molecule has 4 aliphatic heterocycles. The Kier molecular flexibility index (Phi) is 32.7. The first-order valence-corrected chi connectivity index (χ1v) is 22.1. The van der Waals surface area contributed by atoms with E-state index < -0.39 is 8.91 Å². The molecule has 4 unspecified atom stereocenters. The average Bonchev–Trinajstić information content (AvgIpc) is 3.08. The van der Waals surface area contributed by atoms with Crippen molar-refractivity contribution in [3.05, 3.63) is 0 Å². The number of rotatable bonds is 10. The van der Waals surface area contributed by atoms with E-state index in [1.807, 2.05) is 0 Å². The number of hydrogen-bond donors (Lipinski definition) is 0. The van der Waals surface area contributed by atoms with E-state index in [1.165, 1.54) is 96.9 Å². The summed E-state index contributed by atoms with van der Waals surface area (Å²) in [5, 5.41) is 0. The second-order valence-electron chi connectivity index (χ2n) is 15.6. The molecule has 15 heteroatoms. The third-order valence-corrected chi connectivity index (χ3v) is 13.1. The van der Waals surface area contributed by atoms with Crippen LogP contribution in [0.1, 0.15) is 90.9 Å². The van der Waals surface area contributed by atoms with Gasteiger partial charge in [-0.1, -0.05) is 98.8 Å². The third-order valence-electron chi connectivity index (χ3n) is 11.4. The maximum Gasteiger partial charge on any atom is 2.00 e. The fourth-order valence-electron chi connectivity index (χ4n) is 7.64. The van der Waals surface area contributed by atoms with Gasteiger partial charge in [-0.15, -0.1) is 0 Å². The van der Waals surface area contributed by atoms with Gasteiger partial charge in [0.1, 0.15) is 0 Å². The summed E-state index contributed by atoms with van der Waals surface area (Å²) in [6.07, 6.45) is 14.8. The molecule has 311 valence electrons. The predicted octanol–water partition coefficient (Wildman–Crippen LogP) is 6.68. The van der Waals surface area contributed by atoms with Crippen LogP contribution in [-0.2, 0) is 51.2 Å². The molecule has 0 spiro atoms. The molecule has 0 aliphatic carbocycles. The molecule has 4 heterocycles. The summed E-state index contributed by atoms with van der Waals surface area (Å²) in [6.45, 7) is 26.3. The Morgan fingerprint density at radius 1 is 0.396 bits per heavy atom. The van der Waals surface area contributed by atoms with E-state index in [2.05, 4.69) is 67.1 Å². The van der Waals surface area contributed by atoms with Crippen molar-refractivity contribution in [1.82, 2.24) is 39.2 Å². The summed E-state index contributed by atoms with van der Waals surface area (Å²) in [7, 11) is 4.41. The number of fused-ring (bicyclic) bond motifs is 6. The van der Waals surface area contributed by atoms with Gasteiger partial charge in [-0.25, -0.2) is 0 Å². The third kappa shape index (κ3) is 23.1. The quantitative estimate of drug-likeness (QED) is 0.104. The number of halogens is 4. The molecule has 0 N–H and O–H groups in total. The number of hydrogen-bond acceptors (Lipinski definition) is 8. The van der Waals surface area contributed by atoms with E-state index in [0.717, 1.165) is 111 Å². The van der Waals surface area contributed by atoms with Crippen LogP contribution in [0.3, 0.4) is 0 Å². The molecule has 4 atom stereocenters. The van der Waals surface area contributed by atoms with Gasteiger partial charge in [0.15, 0.2) is 8.91 Å². The van der Waals surface area contributed by atoms with Crippen molar-refractivity contribution in [3.8, 4) is 0 Å². The second kappa shape index (κ2) is 31.3. The molecule has 4 fully saturated rings. The second-order valence-corrected chi connectivity index (χ2v) is 18.5. The molecular formula is C38H76Cl4Mn3N8+6. The summed E-state index contributed by atoms with van der Waals surface area (Å²) in [6, 6.07) is 0. The van der Waals surface area contributed by atoms with E-state index in [0.29, 0.717) is 0 Å². The Balaban J connectivity index is 0.000000976. The van der Waals surface area contributed by atoms with Crippen molar-refractivity contribution in [3.63, 3.8) is 0 Å². The molecule has 4 aliphatic rings. The molecule has 3 radical (unpaired) electrons. The Labute approximate surface area is 378 Å². The van der Waals surface area contributed by atoms with Gasteiger partial charge in [0.05, 0.1) is 0 Å². The van der Waals surface area contributed by atoms with E-state index in [4.69, 9.17) is 46.4 Å². The Hall–Kier alpha value is 2.40. The van der Waals surface area contributed by atoms with Gasteiger partial charge >= 0.3 is 51.2 Å². The molecule has 4 saturated heterocycles. The molecule has 4 rings (SSSR count). The van der Waals surface area contributed by atoms with Crippen LogP contribution in [0.15, 0.2) is 0 Å². The van der Waals surface area contributed by atoms with Crippen LogP contribution in [0.25, 0.3) is 0 Å². The summed E-state index contributed by atoms with van der Waals surface area (Å²) in [5.74, 6) is 0. The predicted molar refractivity (Wildman–Crippen MR) is 220 cm³/mol. The van der Waals surface area contributed by atoms with Gasteiger partial charge in [-0.3, -0.25) is 9.80 Å². The van der Waals surface area contributed by atoms with E-state index in [1.54, 1.807) is 0 Å². The van der Waals surface area contributed by atoms with Gasteiger partial charge < -0.3 is 29.4 Å². The van der Waals surface area contributed by atoms with Crippen LogP contribution in [0.5, 0.6) is 0 Å². The van der Waals surface area contributed by atoms with Crippen molar-refractivity contribution >= 4 is 46.4 Å². The van der Waals surface area contributed by atoms with E-state index in [-0.39, 0.29) is 51.2 Å². The summed E-state index contributed by atoms with van der Waals surface area (Å²) >= 11 is 27.2. The molecule has 0 saturated carbocycles. The first-order valence-electron chi connectivity index (χ1n) is 20.5. The molecule has 0 aromatic rings. The summed E-state index contributed by atoms with van der Waals surface area (Å²) in [5.41, 5.74) is 0. The maximum absolute atomic E-state index is 6.84. The van der Waals surface area contributed by atoms with Crippen LogP contribution < -0.4 is 0 Å². The zero-order chi connectivity index (χ0) is 36.2. The minimum absolute atomic E-state index is 0. The minimum atomic E-state index is -0.748. The van der Waals surface area contributed by atoms with Crippen molar-refractivity contribution in [1.29, 1.82) is 0 Å². The number of unbranched alkanes of at least 4 members (excludes halogenated alkanes) is 6. The van der Waals surface area contributed by atoms with Crippen LogP contribution in [0.4, 0.5) is 0 Å². The first kappa shape index (κ1) is 55.4. The Morgan fingerprint density at radius 3 is 1.23 bits per heavy atom. The van der Waals surface area contributed by atoms with Gasteiger partial charge in [-0.05, 0) is 79.0 Å². The van der Waals surface area contributed by atoms with Crippen molar-refractivity contribution in [2.75, 3.05) is 145 Å². The molecule has 0 amide bonds. The minimum Gasteiger partial charge on any atom is -0.305 e. The summed E-state index contributed by atoms with van der Waals surface area (Å²) in [4.78, 5) is 19.8. The van der Waals surface area contributed by atoms with Gasteiger partial charge in [0.25, 0.3) is 0 Å². The average molecular weight is 952 g/mol.